The summed E-state index contributed by atoms with van der Waals surface area (Å²) in [5, 5.41) is 0.371. The molecule has 7 heteroatoms. The van der Waals surface area contributed by atoms with E-state index in [0.29, 0.717) is 10.6 Å². The van der Waals surface area contributed by atoms with Crippen LogP contribution >= 0.6 is 11.6 Å². The van der Waals surface area contributed by atoms with Gasteiger partial charge < -0.3 is 4.90 Å². The summed E-state index contributed by atoms with van der Waals surface area (Å²) in [6, 6.07) is 12.8. The summed E-state index contributed by atoms with van der Waals surface area (Å²) < 4.78 is 13.2. The maximum absolute atomic E-state index is 13.8. The highest BCUT2D eigenvalue weighted by molar-refractivity contribution is 6.32. The largest absolute Gasteiger partial charge is 0.341 e. The second kappa shape index (κ2) is 9.02. The van der Waals surface area contributed by atoms with Crippen LogP contribution in [0.2, 0.25) is 5.02 Å². The molecule has 0 radical (unpaired) electrons. The zero-order chi connectivity index (χ0) is 22.9. The predicted molar refractivity (Wildman–Crippen MR) is 119 cm³/mol. The van der Waals surface area contributed by atoms with Gasteiger partial charge >= 0.3 is 0 Å². The van der Waals surface area contributed by atoms with Crippen LogP contribution in [0, 0.1) is 5.82 Å². The smallest absolute Gasteiger partial charge is 0.241 e. The number of imide groups is 1. The fourth-order valence-corrected chi connectivity index (χ4v) is 5.25. The SMILES string of the molecule is CN(Cc1ccc(F)cc1)C(=O)C[C@@]1(c2ccccc2Cl)CC(=O)N(C2CCCC2)C1=O. The van der Waals surface area contributed by atoms with Gasteiger partial charge in [-0.25, -0.2) is 4.39 Å². The van der Waals surface area contributed by atoms with E-state index in [9.17, 15) is 18.8 Å². The zero-order valence-corrected chi connectivity index (χ0v) is 18.8. The first kappa shape index (κ1) is 22.5. The quantitative estimate of drug-likeness (QED) is 0.603. The third kappa shape index (κ3) is 4.16. The second-order valence-corrected chi connectivity index (χ2v) is 9.21. The summed E-state index contributed by atoms with van der Waals surface area (Å²) in [6.07, 6.45) is 3.35. The number of hydrogen-bond acceptors (Lipinski definition) is 3. The van der Waals surface area contributed by atoms with Gasteiger partial charge in [-0.05, 0) is 42.2 Å². The van der Waals surface area contributed by atoms with Crippen LogP contribution < -0.4 is 0 Å². The van der Waals surface area contributed by atoms with Gasteiger partial charge in [0.1, 0.15) is 5.82 Å². The number of amides is 3. The molecule has 0 bridgehead atoms. The zero-order valence-electron chi connectivity index (χ0n) is 18.0. The standard InChI is InChI=1S/C25H26ClFN2O3/c1-28(16-17-10-12-18(27)13-11-17)22(30)14-25(20-8-4-5-9-21(20)26)15-23(31)29(24(25)32)19-6-2-3-7-19/h4-5,8-13,19H,2-3,6-7,14-16H2,1H3/t25-/m0/s1. The summed E-state index contributed by atoms with van der Waals surface area (Å²) in [4.78, 5) is 43.0. The van der Waals surface area contributed by atoms with Crippen LogP contribution in [0.5, 0.6) is 0 Å². The molecule has 32 heavy (non-hydrogen) atoms. The molecule has 2 aromatic rings. The fraction of sp³-hybridized carbons (Fsp3) is 0.400. The summed E-state index contributed by atoms with van der Waals surface area (Å²) in [5.41, 5.74) is -0.0221. The molecule has 2 fully saturated rings. The van der Waals surface area contributed by atoms with Gasteiger partial charge in [0, 0.05) is 37.5 Å². The van der Waals surface area contributed by atoms with Crippen molar-refractivity contribution in [3.05, 3.63) is 70.5 Å². The summed E-state index contributed by atoms with van der Waals surface area (Å²) in [7, 11) is 1.64. The molecule has 2 aromatic carbocycles. The van der Waals surface area contributed by atoms with Crippen LogP contribution in [0.3, 0.4) is 0 Å². The van der Waals surface area contributed by atoms with Gasteiger partial charge in [0.2, 0.25) is 17.7 Å². The van der Waals surface area contributed by atoms with Crippen LogP contribution in [0.1, 0.15) is 49.7 Å². The van der Waals surface area contributed by atoms with Crippen LogP contribution in [-0.2, 0) is 26.3 Å². The highest BCUT2D eigenvalue weighted by atomic mass is 35.5. The van der Waals surface area contributed by atoms with Crippen molar-refractivity contribution in [3.63, 3.8) is 0 Å². The molecule has 1 heterocycles. The molecule has 1 aliphatic carbocycles. The minimum atomic E-state index is -1.31. The Balaban J connectivity index is 1.64. The number of nitrogens with zero attached hydrogens (tertiary/aromatic N) is 2. The van der Waals surface area contributed by atoms with E-state index >= 15 is 0 Å². The maximum atomic E-state index is 13.8. The van der Waals surface area contributed by atoms with Gasteiger partial charge in [-0.3, -0.25) is 19.3 Å². The number of carbonyl (C=O) groups excluding carboxylic acids is 3. The molecule has 2 aliphatic rings. The average Bonchev–Trinajstić information content (AvgIpc) is 3.37. The fourth-order valence-electron chi connectivity index (χ4n) is 4.93. The number of carbonyl (C=O) groups is 3. The molecule has 1 saturated carbocycles. The number of benzene rings is 2. The first-order chi connectivity index (χ1) is 15.3. The molecule has 0 unspecified atom stereocenters. The summed E-state index contributed by atoms with van der Waals surface area (Å²) in [6.45, 7) is 0.270. The third-order valence-electron chi connectivity index (χ3n) is 6.64. The van der Waals surface area contributed by atoms with Crippen molar-refractivity contribution in [1.82, 2.24) is 9.80 Å². The first-order valence-electron chi connectivity index (χ1n) is 10.9. The average molecular weight is 457 g/mol. The highest BCUT2D eigenvalue weighted by Crippen LogP contribution is 2.45. The van der Waals surface area contributed by atoms with Gasteiger partial charge in [-0.2, -0.15) is 0 Å². The van der Waals surface area contributed by atoms with Crippen LogP contribution in [0.4, 0.5) is 4.39 Å². The lowest BCUT2D eigenvalue weighted by molar-refractivity contribution is -0.144. The summed E-state index contributed by atoms with van der Waals surface area (Å²) in [5.74, 6) is -1.19. The van der Waals surface area contributed by atoms with Crippen molar-refractivity contribution < 1.29 is 18.8 Å². The van der Waals surface area contributed by atoms with E-state index in [1.807, 2.05) is 0 Å². The van der Waals surface area contributed by atoms with Gasteiger partial charge in [0.25, 0.3) is 0 Å². The highest BCUT2D eigenvalue weighted by Gasteiger charge is 2.56. The minimum absolute atomic E-state index is 0.0673. The normalized spacial score (nSPS) is 21.4. The Labute approximate surface area is 192 Å². The van der Waals surface area contributed by atoms with E-state index in [1.54, 1.807) is 43.4 Å². The van der Waals surface area contributed by atoms with Crippen LogP contribution in [0.25, 0.3) is 0 Å². The van der Waals surface area contributed by atoms with Crippen molar-refractivity contribution in [3.8, 4) is 0 Å². The lowest BCUT2D eigenvalue weighted by Crippen LogP contribution is -2.45. The van der Waals surface area contributed by atoms with Crippen molar-refractivity contribution in [2.75, 3.05) is 7.05 Å². The molecule has 1 aliphatic heterocycles. The monoisotopic (exact) mass is 456 g/mol. The molecule has 168 valence electrons. The molecular weight excluding hydrogens is 431 g/mol. The molecule has 0 aromatic heterocycles. The van der Waals surface area contributed by atoms with E-state index in [4.69, 9.17) is 11.6 Å². The Morgan fingerprint density at radius 3 is 2.44 bits per heavy atom. The maximum Gasteiger partial charge on any atom is 0.241 e. The second-order valence-electron chi connectivity index (χ2n) is 8.80. The minimum Gasteiger partial charge on any atom is -0.341 e. The van der Waals surface area contributed by atoms with Gasteiger partial charge in [0.05, 0.1) is 5.41 Å². The van der Waals surface area contributed by atoms with Crippen molar-refractivity contribution >= 4 is 29.3 Å². The van der Waals surface area contributed by atoms with Crippen molar-refractivity contribution in [2.45, 2.75) is 56.5 Å². The molecule has 0 spiro atoms. The third-order valence-corrected chi connectivity index (χ3v) is 6.97. The first-order valence-corrected chi connectivity index (χ1v) is 11.3. The molecule has 0 N–H and O–H groups in total. The van der Waals surface area contributed by atoms with E-state index in [2.05, 4.69) is 0 Å². The number of hydrogen-bond donors (Lipinski definition) is 0. The molecule has 5 nitrogen and oxygen atoms in total. The van der Waals surface area contributed by atoms with Crippen molar-refractivity contribution in [2.24, 2.45) is 0 Å². The number of halogens is 2. The van der Waals surface area contributed by atoms with E-state index in [-0.39, 0.29) is 49.0 Å². The molecule has 4 rings (SSSR count). The molecule has 1 saturated heterocycles. The number of likely N-dealkylation sites (tertiary alicyclic amines) is 1. The Kier molecular flexibility index (Phi) is 6.33. The Hall–Kier alpha value is -2.73. The van der Waals surface area contributed by atoms with E-state index in [0.717, 1.165) is 31.2 Å². The Morgan fingerprint density at radius 2 is 1.78 bits per heavy atom. The van der Waals surface area contributed by atoms with Crippen molar-refractivity contribution in [1.29, 1.82) is 0 Å². The summed E-state index contributed by atoms with van der Waals surface area (Å²) >= 11 is 6.48. The lowest BCUT2D eigenvalue weighted by atomic mass is 9.75. The molecule has 1 atom stereocenters. The molecule has 3 amide bonds. The Morgan fingerprint density at radius 1 is 1.12 bits per heavy atom. The van der Waals surface area contributed by atoms with Gasteiger partial charge in [0.15, 0.2) is 0 Å². The van der Waals surface area contributed by atoms with Gasteiger partial charge in [-0.1, -0.05) is 54.8 Å². The van der Waals surface area contributed by atoms with Crippen LogP contribution in [0.15, 0.2) is 48.5 Å². The van der Waals surface area contributed by atoms with Crippen LogP contribution in [-0.4, -0.2) is 40.6 Å². The van der Waals surface area contributed by atoms with E-state index < -0.39 is 5.41 Å². The van der Waals surface area contributed by atoms with E-state index in [1.165, 1.54) is 21.9 Å². The Bertz CT molecular complexity index is 1040. The predicted octanol–water partition coefficient (Wildman–Crippen LogP) is 4.47. The topological polar surface area (TPSA) is 57.7 Å². The van der Waals surface area contributed by atoms with Gasteiger partial charge in [-0.15, -0.1) is 0 Å². The number of rotatable bonds is 6. The molecular formula is C25H26ClFN2O3. The lowest BCUT2D eigenvalue weighted by Gasteiger charge is -2.31.